The van der Waals surface area contributed by atoms with Gasteiger partial charge in [0.15, 0.2) is 5.96 Å². The highest BCUT2D eigenvalue weighted by Gasteiger charge is 2.20. The predicted octanol–water partition coefficient (Wildman–Crippen LogP) is 2.82. The standard InChI is InChI=1S/C15H32N4.HI/c1-12(2)7-5-8-13(3)18-15(16)17-11-14-9-6-10-19(14)4;/h12-14H,5-11H2,1-4H3,(H3,16,17,18);1H. The van der Waals surface area contributed by atoms with E-state index in [0.29, 0.717) is 18.0 Å². The second-order valence-electron chi connectivity index (χ2n) is 6.37. The minimum atomic E-state index is 0. The summed E-state index contributed by atoms with van der Waals surface area (Å²) in [5.74, 6) is 1.40. The molecule has 1 fully saturated rings. The monoisotopic (exact) mass is 396 g/mol. The van der Waals surface area contributed by atoms with Gasteiger partial charge >= 0.3 is 0 Å². The molecule has 0 spiro atoms. The van der Waals surface area contributed by atoms with Crippen molar-refractivity contribution in [1.82, 2.24) is 10.2 Å². The quantitative estimate of drug-likeness (QED) is 0.395. The first-order valence-corrected chi connectivity index (χ1v) is 7.75. The van der Waals surface area contributed by atoms with Crippen LogP contribution in [0, 0.1) is 5.92 Å². The predicted molar refractivity (Wildman–Crippen MR) is 98.8 cm³/mol. The van der Waals surface area contributed by atoms with Gasteiger partial charge in [0.1, 0.15) is 0 Å². The van der Waals surface area contributed by atoms with E-state index < -0.39 is 0 Å². The van der Waals surface area contributed by atoms with Crippen LogP contribution in [0.3, 0.4) is 0 Å². The second-order valence-corrected chi connectivity index (χ2v) is 6.37. The molecule has 0 bridgehead atoms. The molecule has 0 saturated carbocycles. The van der Waals surface area contributed by atoms with Crippen LogP contribution in [0.4, 0.5) is 0 Å². The van der Waals surface area contributed by atoms with Crippen molar-refractivity contribution in [3.63, 3.8) is 0 Å². The third-order valence-corrected chi connectivity index (χ3v) is 3.96. The number of nitrogens with zero attached hydrogens (tertiary/aromatic N) is 2. The van der Waals surface area contributed by atoms with Gasteiger partial charge in [-0.2, -0.15) is 0 Å². The van der Waals surface area contributed by atoms with Crippen LogP contribution in [0.1, 0.15) is 52.9 Å². The van der Waals surface area contributed by atoms with Crippen molar-refractivity contribution in [1.29, 1.82) is 0 Å². The van der Waals surface area contributed by atoms with Crippen LogP contribution in [0.2, 0.25) is 0 Å². The van der Waals surface area contributed by atoms with E-state index in [4.69, 9.17) is 5.73 Å². The molecule has 20 heavy (non-hydrogen) atoms. The number of hydrogen-bond acceptors (Lipinski definition) is 2. The SMILES string of the molecule is CC(C)CCCC(C)NC(N)=NCC1CCCN1C.I. The molecule has 1 heterocycles. The van der Waals surface area contributed by atoms with E-state index in [2.05, 4.69) is 43.0 Å². The largest absolute Gasteiger partial charge is 0.370 e. The Kier molecular flexibility index (Phi) is 10.6. The molecule has 120 valence electrons. The third kappa shape index (κ3) is 8.29. The van der Waals surface area contributed by atoms with E-state index in [0.717, 1.165) is 18.9 Å². The van der Waals surface area contributed by atoms with Crippen molar-refractivity contribution in [2.24, 2.45) is 16.6 Å². The van der Waals surface area contributed by atoms with E-state index >= 15 is 0 Å². The lowest BCUT2D eigenvalue weighted by Crippen LogP contribution is -2.39. The molecule has 0 radical (unpaired) electrons. The molecular weight excluding hydrogens is 363 g/mol. The molecule has 2 unspecified atom stereocenters. The number of likely N-dealkylation sites (N-methyl/N-ethyl adjacent to an activating group) is 1. The molecule has 0 amide bonds. The number of guanidine groups is 1. The molecule has 0 aliphatic carbocycles. The molecule has 0 aromatic rings. The van der Waals surface area contributed by atoms with E-state index in [1.54, 1.807) is 0 Å². The first-order chi connectivity index (χ1) is 8.99. The Morgan fingerprint density at radius 2 is 2.05 bits per heavy atom. The van der Waals surface area contributed by atoms with Gasteiger partial charge in [0.2, 0.25) is 0 Å². The summed E-state index contributed by atoms with van der Waals surface area (Å²) in [7, 11) is 2.17. The highest BCUT2D eigenvalue weighted by Crippen LogP contribution is 2.14. The van der Waals surface area contributed by atoms with E-state index in [9.17, 15) is 0 Å². The van der Waals surface area contributed by atoms with Crippen molar-refractivity contribution in [2.75, 3.05) is 20.1 Å². The zero-order chi connectivity index (χ0) is 14.3. The Hall–Kier alpha value is -0.0400. The Labute approximate surface area is 142 Å². The highest BCUT2D eigenvalue weighted by molar-refractivity contribution is 14.0. The van der Waals surface area contributed by atoms with Crippen LogP contribution < -0.4 is 11.1 Å². The Morgan fingerprint density at radius 3 is 2.60 bits per heavy atom. The van der Waals surface area contributed by atoms with Gasteiger partial charge in [-0.15, -0.1) is 24.0 Å². The maximum Gasteiger partial charge on any atom is 0.188 e. The van der Waals surface area contributed by atoms with E-state index in [-0.39, 0.29) is 24.0 Å². The molecule has 0 aromatic carbocycles. The van der Waals surface area contributed by atoms with E-state index in [1.807, 2.05) is 0 Å². The molecule has 2 atom stereocenters. The van der Waals surface area contributed by atoms with Gasteiger partial charge in [-0.1, -0.05) is 26.7 Å². The van der Waals surface area contributed by atoms with Crippen LogP contribution in [-0.2, 0) is 0 Å². The zero-order valence-corrected chi connectivity index (χ0v) is 15.9. The number of halogens is 1. The molecule has 3 N–H and O–H groups in total. The average Bonchev–Trinajstić information content (AvgIpc) is 2.71. The molecule has 1 aliphatic rings. The molecule has 1 aliphatic heterocycles. The molecule has 5 heteroatoms. The summed E-state index contributed by atoms with van der Waals surface area (Å²) in [5.41, 5.74) is 5.95. The van der Waals surface area contributed by atoms with Gasteiger partial charge < -0.3 is 16.0 Å². The summed E-state index contributed by atoms with van der Waals surface area (Å²) in [4.78, 5) is 6.86. The van der Waals surface area contributed by atoms with E-state index in [1.165, 1.54) is 32.2 Å². The van der Waals surface area contributed by atoms with Crippen LogP contribution in [0.25, 0.3) is 0 Å². The van der Waals surface area contributed by atoms with Crippen molar-refractivity contribution in [3.8, 4) is 0 Å². The summed E-state index contributed by atoms with van der Waals surface area (Å²) in [6, 6.07) is 1.00. The summed E-state index contributed by atoms with van der Waals surface area (Å²) in [5, 5.41) is 3.30. The molecule has 0 aromatic heterocycles. The Bertz CT molecular complexity index is 281. The molecule has 1 saturated heterocycles. The maximum absolute atomic E-state index is 5.95. The van der Waals surface area contributed by atoms with Gasteiger partial charge in [-0.3, -0.25) is 4.99 Å². The topological polar surface area (TPSA) is 53.6 Å². The van der Waals surface area contributed by atoms with Crippen LogP contribution in [0.15, 0.2) is 4.99 Å². The first-order valence-electron chi connectivity index (χ1n) is 7.75. The van der Waals surface area contributed by atoms with Gasteiger partial charge in [-0.05, 0) is 45.7 Å². The zero-order valence-electron chi connectivity index (χ0n) is 13.6. The lowest BCUT2D eigenvalue weighted by atomic mass is 10.0. The minimum absolute atomic E-state index is 0. The minimum Gasteiger partial charge on any atom is -0.370 e. The number of likely N-dealkylation sites (tertiary alicyclic amines) is 1. The number of hydrogen-bond donors (Lipinski definition) is 2. The lowest BCUT2D eigenvalue weighted by Gasteiger charge is -2.18. The van der Waals surface area contributed by atoms with Crippen LogP contribution >= 0.6 is 24.0 Å². The molecule has 1 rings (SSSR count). The van der Waals surface area contributed by atoms with Crippen LogP contribution in [-0.4, -0.2) is 43.1 Å². The first kappa shape index (κ1) is 20.0. The fourth-order valence-electron chi connectivity index (χ4n) is 2.62. The average molecular weight is 396 g/mol. The fraction of sp³-hybridized carbons (Fsp3) is 0.933. The van der Waals surface area contributed by atoms with Gasteiger partial charge in [0.25, 0.3) is 0 Å². The smallest absolute Gasteiger partial charge is 0.188 e. The van der Waals surface area contributed by atoms with Crippen molar-refractivity contribution in [2.45, 2.75) is 65.0 Å². The summed E-state index contributed by atoms with van der Waals surface area (Å²) in [6.45, 7) is 8.75. The highest BCUT2D eigenvalue weighted by atomic mass is 127. The van der Waals surface area contributed by atoms with Crippen molar-refractivity contribution in [3.05, 3.63) is 0 Å². The van der Waals surface area contributed by atoms with Crippen molar-refractivity contribution >= 4 is 29.9 Å². The summed E-state index contributed by atoms with van der Waals surface area (Å²) >= 11 is 0. The lowest BCUT2D eigenvalue weighted by molar-refractivity contribution is 0.317. The Balaban J connectivity index is 0.00000361. The van der Waals surface area contributed by atoms with Crippen molar-refractivity contribution < 1.29 is 0 Å². The summed E-state index contributed by atoms with van der Waals surface area (Å²) in [6.07, 6.45) is 6.24. The number of nitrogens with one attached hydrogen (secondary N) is 1. The number of rotatable bonds is 7. The van der Waals surface area contributed by atoms with Crippen LogP contribution in [0.5, 0.6) is 0 Å². The van der Waals surface area contributed by atoms with Gasteiger partial charge in [-0.25, -0.2) is 0 Å². The normalized spacial score (nSPS) is 21.9. The second kappa shape index (κ2) is 10.7. The van der Waals surface area contributed by atoms with Gasteiger partial charge in [0.05, 0.1) is 6.54 Å². The number of nitrogens with two attached hydrogens (primary N) is 1. The molecule has 4 nitrogen and oxygen atoms in total. The summed E-state index contributed by atoms with van der Waals surface area (Å²) < 4.78 is 0. The van der Waals surface area contributed by atoms with Gasteiger partial charge in [0, 0.05) is 12.1 Å². The molecular formula is C15H33IN4. The third-order valence-electron chi connectivity index (χ3n) is 3.96. The Morgan fingerprint density at radius 1 is 1.35 bits per heavy atom. The fourth-order valence-corrected chi connectivity index (χ4v) is 2.62. The number of aliphatic imine (C=N–C) groups is 1. The maximum atomic E-state index is 5.95.